The summed E-state index contributed by atoms with van der Waals surface area (Å²) < 4.78 is 0. The van der Waals surface area contributed by atoms with Gasteiger partial charge in [-0.2, -0.15) is 0 Å². The van der Waals surface area contributed by atoms with Gasteiger partial charge >= 0.3 is 0 Å². The third-order valence-corrected chi connectivity index (χ3v) is 4.13. The maximum absolute atomic E-state index is 10.3. The van der Waals surface area contributed by atoms with Crippen LogP contribution in [-0.2, 0) is 0 Å². The molecule has 0 radical (unpaired) electrons. The highest BCUT2D eigenvalue weighted by atomic mass is 16.3. The number of aliphatic hydroxyl groups is 1. The molecule has 2 aliphatic rings. The van der Waals surface area contributed by atoms with Crippen LogP contribution in [0.15, 0.2) is 0 Å². The molecule has 0 saturated heterocycles. The topological polar surface area (TPSA) is 46.2 Å². The molecule has 0 amide bonds. The lowest BCUT2D eigenvalue weighted by molar-refractivity contribution is -0.0504. The zero-order chi connectivity index (χ0) is 8.66. The maximum Gasteiger partial charge on any atom is 0.0825 e. The van der Waals surface area contributed by atoms with Crippen LogP contribution in [0.1, 0.15) is 44.9 Å². The second-order valence-corrected chi connectivity index (χ2v) is 4.58. The number of hydrogen-bond acceptors (Lipinski definition) is 2. The van der Waals surface area contributed by atoms with Crippen molar-refractivity contribution < 1.29 is 5.11 Å². The molecule has 0 bridgehead atoms. The molecule has 1 unspecified atom stereocenters. The minimum atomic E-state index is -0.510. The van der Waals surface area contributed by atoms with E-state index in [1.165, 1.54) is 38.5 Å². The van der Waals surface area contributed by atoms with Crippen molar-refractivity contribution in [3.63, 3.8) is 0 Å². The summed E-state index contributed by atoms with van der Waals surface area (Å²) in [7, 11) is 0. The number of nitrogens with two attached hydrogens (primary N) is 1. The first kappa shape index (κ1) is 8.52. The first-order valence-electron chi connectivity index (χ1n) is 5.15. The van der Waals surface area contributed by atoms with Crippen LogP contribution in [0.3, 0.4) is 0 Å². The van der Waals surface area contributed by atoms with Gasteiger partial charge in [-0.05, 0) is 32.1 Å². The van der Waals surface area contributed by atoms with Gasteiger partial charge in [0.1, 0.15) is 0 Å². The molecule has 0 aromatic heterocycles. The zero-order valence-corrected chi connectivity index (χ0v) is 7.68. The summed E-state index contributed by atoms with van der Waals surface area (Å²) in [4.78, 5) is 0. The van der Waals surface area contributed by atoms with Gasteiger partial charge in [0.25, 0.3) is 0 Å². The van der Waals surface area contributed by atoms with Crippen LogP contribution in [0.4, 0.5) is 0 Å². The molecule has 3 N–H and O–H groups in total. The highest BCUT2D eigenvalue weighted by molar-refractivity contribution is 5.06. The average molecular weight is 169 g/mol. The highest BCUT2D eigenvalue weighted by Crippen LogP contribution is 2.55. The molecule has 0 heterocycles. The normalized spacial score (nSPS) is 39.5. The van der Waals surface area contributed by atoms with E-state index in [0.29, 0.717) is 6.54 Å². The molecular formula is C10H19NO. The predicted octanol–water partition coefficient (Wildman–Crippen LogP) is 1.42. The van der Waals surface area contributed by atoms with Crippen molar-refractivity contribution >= 4 is 0 Å². The quantitative estimate of drug-likeness (QED) is 0.623. The summed E-state index contributed by atoms with van der Waals surface area (Å²) in [6.45, 7) is 0.465. The summed E-state index contributed by atoms with van der Waals surface area (Å²) in [5.74, 6) is 0. The molecule has 1 spiro atoms. The summed E-state index contributed by atoms with van der Waals surface area (Å²) in [6, 6.07) is 0. The van der Waals surface area contributed by atoms with Crippen molar-refractivity contribution in [3.8, 4) is 0 Å². The Kier molecular flexibility index (Phi) is 1.92. The summed E-state index contributed by atoms with van der Waals surface area (Å²) >= 11 is 0. The molecule has 1 atom stereocenters. The SMILES string of the molecule is NCC1(O)CCCC12CCCC2. The first-order valence-corrected chi connectivity index (χ1v) is 5.15. The fourth-order valence-electron chi connectivity index (χ4n) is 3.30. The first-order chi connectivity index (χ1) is 5.72. The molecule has 70 valence electrons. The largest absolute Gasteiger partial charge is 0.388 e. The Morgan fingerprint density at radius 3 is 2.17 bits per heavy atom. The van der Waals surface area contributed by atoms with Crippen LogP contribution in [0, 0.1) is 5.41 Å². The van der Waals surface area contributed by atoms with Crippen LogP contribution < -0.4 is 5.73 Å². The van der Waals surface area contributed by atoms with Crippen LogP contribution in [0.5, 0.6) is 0 Å². The van der Waals surface area contributed by atoms with E-state index in [4.69, 9.17) is 5.73 Å². The minimum Gasteiger partial charge on any atom is -0.388 e. The Labute approximate surface area is 74.1 Å². The minimum absolute atomic E-state index is 0.224. The van der Waals surface area contributed by atoms with E-state index in [9.17, 15) is 5.11 Å². The average Bonchev–Trinajstić information content (AvgIpc) is 2.64. The summed E-state index contributed by atoms with van der Waals surface area (Å²) in [6.07, 6.45) is 8.32. The molecule has 2 heteroatoms. The van der Waals surface area contributed by atoms with Crippen LogP contribution >= 0.6 is 0 Å². The third-order valence-electron chi connectivity index (χ3n) is 4.13. The Bertz CT molecular complexity index is 169. The Hall–Kier alpha value is -0.0800. The van der Waals surface area contributed by atoms with Crippen molar-refractivity contribution in [2.45, 2.75) is 50.5 Å². The number of hydrogen-bond donors (Lipinski definition) is 2. The van der Waals surface area contributed by atoms with E-state index in [-0.39, 0.29) is 5.41 Å². The Morgan fingerprint density at radius 2 is 1.58 bits per heavy atom. The van der Waals surface area contributed by atoms with Crippen molar-refractivity contribution in [3.05, 3.63) is 0 Å². The smallest absolute Gasteiger partial charge is 0.0825 e. The molecule has 0 aromatic carbocycles. The van der Waals surface area contributed by atoms with Gasteiger partial charge in [-0.3, -0.25) is 0 Å². The summed E-state index contributed by atoms with van der Waals surface area (Å²) in [5, 5.41) is 10.3. The van der Waals surface area contributed by atoms with Crippen molar-refractivity contribution in [2.24, 2.45) is 11.1 Å². The van der Waals surface area contributed by atoms with Crippen molar-refractivity contribution in [2.75, 3.05) is 6.54 Å². The molecular weight excluding hydrogens is 150 g/mol. The molecule has 2 nitrogen and oxygen atoms in total. The van der Waals surface area contributed by atoms with Crippen molar-refractivity contribution in [1.82, 2.24) is 0 Å². The van der Waals surface area contributed by atoms with Crippen LogP contribution in [-0.4, -0.2) is 17.3 Å². The molecule has 2 saturated carbocycles. The van der Waals surface area contributed by atoms with Crippen LogP contribution in [0.2, 0.25) is 0 Å². The number of rotatable bonds is 1. The van der Waals surface area contributed by atoms with E-state index in [2.05, 4.69) is 0 Å². The molecule has 2 rings (SSSR count). The molecule has 0 aromatic rings. The second-order valence-electron chi connectivity index (χ2n) is 4.58. The van der Waals surface area contributed by atoms with Crippen molar-refractivity contribution in [1.29, 1.82) is 0 Å². The van der Waals surface area contributed by atoms with E-state index >= 15 is 0 Å². The molecule has 12 heavy (non-hydrogen) atoms. The lowest BCUT2D eigenvalue weighted by Gasteiger charge is -2.38. The van der Waals surface area contributed by atoms with Crippen LogP contribution in [0.25, 0.3) is 0 Å². The fraction of sp³-hybridized carbons (Fsp3) is 1.00. The Morgan fingerprint density at radius 1 is 1.00 bits per heavy atom. The van der Waals surface area contributed by atoms with Gasteiger partial charge in [0.15, 0.2) is 0 Å². The maximum atomic E-state index is 10.3. The predicted molar refractivity (Wildman–Crippen MR) is 48.8 cm³/mol. The lowest BCUT2D eigenvalue weighted by atomic mass is 9.73. The van der Waals surface area contributed by atoms with Gasteiger partial charge in [-0.15, -0.1) is 0 Å². The monoisotopic (exact) mass is 169 g/mol. The standard InChI is InChI=1S/C10H19NO/c11-8-10(12)7-3-6-9(10)4-1-2-5-9/h12H,1-8,11H2. The molecule has 2 aliphatic carbocycles. The zero-order valence-electron chi connectivity index (χ0n) is 7.68. The van der Waals surface area contributed by atoms with Gasteiger partial charge in [0, 0.05) is 12.0 Å². The van der Waals surface area contributed by atoms with E-state index in [1.807, 2.05) is 0 Å². The second kappa shape index (κ2) is 2.71. The Balaban J connectivity index is 2.22. The molecule has 0 aliphatic heterocycles. The van der Waals surface area contributed by atoms with Gasteiger partial charge in [-0.1, -0.05) is 12.8 Å². The van der Waals surface area contributed by atoms with Gasteiger partial charge in [-0.25, -0.2) is 0 Å². The van der Waals surface area contributed by atoms with E-state index in [1.54, 1.807) is 0 Å². The van der Waals surface area contributed by atoms with Gasteiger partial charge < -0.3 is 10.8 Å². The lowest BCUT2D eigenvalue weighted by Crippen LogP contribution is -2.48. The van der Waals surface area contributed by atoms with E-state index < -0.39 is 5.60 Å². The third kappa shape index (κ3) is 0.944. The van der Waals surface area contributed by atoms with Gasteiger partial charge in [0.05, 0.1) is 5.60 Å². The highest BCUT2D eigenvalue weighted by Gasteiger charge is 2.53. The summed E-state index contributed by atoms with van der Waals surface area (Å²) in [5.41, 5.74) is 5.39. The fourth-order valence-corrected chi connectivity index (χ4v) is 3.30. The molecule has 2 fully saturated rings. The van der Waals surface area contributed by atoms with E-state index in [0.717, 1.165) is 6.42 Å². The van der Waals surface area contributed by atoms with Gasteiger partial charge in [0.2, 0.25) is 0 Å².